The molecule has 4 rings (SSSR count). The van der Waals surface area contributed by atoms with Gasteiger partial charge >= 0.3 is 0 Å². The number of halogens is 1. The van der Waals surface area contributed by atoms with Gasteiger partial charge in [-0.3, -0.25) is 14.4 Å². The van der Waals surface area contributed by atoms with E-state index in [0.717, 1.165) is 5.69 Å². The smallest absolute Gasteiger partial charge is 0.257 e. The van der Waals surface area contributed by atoms with Crippen molar-refractivity contribution >= 4 is 34.8 Å². The molecule has 31 heavy (non-hydrogen) atoms. The summed E-state index contributed by atoms with van der Waals surface area (Å²) in [5.74, 6) is -1.80. The summed E-state index contributed by atoms with van der Waals surface area (Å²) in [7, 11) is 0. The molecule has 6 nitrogen and oxygen atoms in total. The summed E-state index contributed by atoms with van der Waals surface area (Å²) < 4.78 is 13.1. The molecule has 1 fully saturated rings. The summed E-state index contributed by atoms with van der Waals surface area (Å²) in [6.45, 7) is 0.276. The third-order valence-corrected chi connectivity index (χ3v) is 5.10. The molecule has 1 atom stereocenters. The van der Waals surface area contributed by atoms with Crippen LogP contribution in [0.25, 0.3) is 0 Å². The number of anilines is 3. The topological polar surface area (TPSA) is 78.5 Å². The van der Waals surface area contributed by atoms with Gasteiger partial charge in [0.05, 0.1) is 17.2 Å². The number of amides is 3. The predicted octanol–water partition coefficient (Wildman–Crippen LogP) is 4.07. The summed E-state index contributed by atoms with van der Waals surface area (Å²) in [6, 6.07) is 21.2. The molecular formula is C24H20FN3O3. The van der Waals surface area contributed by atoms with E-state index in [1.54, 1.807) is 29.2 Å². The minimum Gasteiger partial charge on any atom is -0.325 e. The summed E-state index contributed by atoms with van der Waals surface area (Å²) >= 11 is 0. The minimum atomic E-state index is -0.527. The lowest BCUT2D eigenvalue weighted by Crippen LogP contribution is -2.28. The van der Waals surface area contributed by atoms with E-state index in [2.05, 4.69) is 10.6 Å². The summed E-state index contributed by atoms with van der Waals surface area (Å²) in [6.07, 6.45) is 0.102. The first-order valence-corrected chi connectivity index (χ1v) is 9.83. The highest BCUT2D eigenvalue weighted by Gasteiger charge is 2.35. The lowest BCUT2D eigenvalue weighted by Gasteiger charge is -2.17. The van der Waals surface area contributed by atoms with E-state index < -0.39 is 17.6 Å². The van der Waals surface area contributed by atoms with Gasteiger partial charge < -0.3 is 15.5 Å². The van der Waals surface area contributed by atoms with Crippen molar-refractivity contribution in [3.05, 3.63) is 90.2 Å². The normalized spacial score (nSPS) is 15.6. The molecule has 1 saturated heterocycles. The summed E-state index contributed by atoms with van der Waals surface area (Å²) in [5, 5.41) is 5.47. The fraction of sp³-hybridized carbons (Fsp3) is 0.125. The highest BCUT2D eigenvalue weighted by atomic mass is 19.1. The molecule has 2 N–H and O–H groups in total. The molecule has 3 aromatic rings. The number of nitrogens with one attached hydrogen (secondary N) is 2. The fourth-order valence-electron chi connectivity index (χ4n) is 3.50. The Morgan fingerprint density at radius 3 is 2.29 bits per heavy atom. The highest BCUT2D eigenvalue weighted by Crippen LogP contribution is 2.26. The van der Waals surface area contributed by atoms with E-state index in [-0.39, 0.29) is 30.3 Å². The summed E-state index contributed by atoms with van der Waals surface area (Å²) in [5.41, 5.74) is 1.80. The highest BCUT2D eigenvalue weighted by molar-refractivity contribution is 6.11. The molecule has 1 heterocycles. The average Bonchev–Trinajstić information content (AvgIpc) is 3.18. The molecule has 0 unspecified atom stereocenters. The van der Waals surface area contributed by atoms with Gasteiger partial charge in [0, 0.05) is 24.3 Å². The Morgan fingerprint density at radius 2 is 1.55 bits per heavy atom. The molecule has 0 radical (unpaired) electrons. The Kier molecular flexibility index (Phi) is 5.75. The predicted molar refractivity (Wildman–Crippen MR) is 116 cm³/mol. The maximum Gasteiger partial charge on any atom is 0.257 e. The summed E-state index contributed by atoms with van der Waals surface area (Å²) in [4.78, 5) is 39.5. The van der Waals surface area contributed by atoms with Gasteiger partial charge in [0.15, 0.2) is 0 Å². The van der Waals surface area contributed by atoms with Crippen LogP contribution in [-0.4, -0.2) is 24.3 Å². The van der Waals surface area contributed by atoms with Crippen molar-refractivity contribution in [2.24, 2.45) is 5.92 Å². The molecule has 3 amide bonds. The Labute approximate surface area is 178 Å². The van der Waals surface area contributed by atoms with Crippen molar-refractivity contribution in [3.63, 3.8) is 0 Å². The quantitative estimate of drug-likeness (QED) is 0.657. The molecule has 3 aromatic carbocycles. The standard InChI is InChI=1S/C24H20FN3O3/c25-17-10-12-18(13-11-17)26-24(31)20-8-4-5-9-21(20)27-23(30)16-14-22(29)28(15-16)19-6-2-1-3-7-19/h1-13,16H,14-15H2,(H,26,31)(H,27,30)/t16-/m0/s1. The minimum absolute atomic E-state index is 0.102. The monoisotopic (exact) mass is 417 g/mol. The van der Waals surface area contributed by atoms with Crippen LogP contribution in [0.3, 0.4) is 0 Å². The van der Waals surface area contributed by atoms with Crippen molar-refractivity contribution in [1.29, 1.82) is 0 Å². The van der Waals surface area contributed by atoms with Crippen LogP contribution in [0.1, 0.15) is 16.8 Å². The number of carbonyl (C=O) groups excluding carboxylic acids is 3. The molecule has 0 bridgehead atoms. The van der Waals surface area contributed by atoms with Crippen LogP contribution in [0.5, 0.6) is 0 Å². The number of para-hydroxylation sites is 2. The second-order valence-electron chi connectivity index (χ2n) is 7.24. The Morgan fingerprint density at radius 1 is 0.871 bits per heavy atom. The average molecular weight is 417 g/mol. The lowest BCUT2D eigenvalue weighted by atomic mass is 10.1. The number of hydrogen-bond donors (Lipinski definition) is 2. The van der Waals surface area contributed by atoms with Gasteiger partial charge in [-0.15, -0.1) is 0 Å². The van der Waals surface area contributed by atoms with Crippen LogP contribution in [0, 0.1) is 11.7 Å². The maximum absolute atomic E-state index is 13.1. The lowest BCUT2D eigenvalue weighted by molar-refractivity contribution is -0.122. The first-order chi connectivity index (χ1) is 15.0. The van der Waals surface area contributed by atoms with Crippen LogP contribution in [0.15, 0.2) is 78.9 Å². The van der Waals surface area contributed by atoms with Gasteiger partial charge in [-0.05, 0) is 48.5 Å². The molecular weight excluding hydrogens is 397 g/mol. The van der Waals surface area contributed by atoms with E-state index in [9.17, 15) is 18.8 Å². The fourth-order valence-corrected chi connectivity index (χ4v) is 3.50. The Bertz CT molecular complexity index is 1120. The van der Waals surface area contributed by atoms with Crippen LogP contribution in [0.2, 0.25) is 0 Å². The van der Waals surface area contributed by atoms with Gasteiger partial charge in [0.25, 0.3) is 5.91 Å². The molecule has 1 aliphatic heterocycles. The molecule has 0 saturated carbocycles. The van der Waals surface area contributed by atoms with Crippen LogP contribution < -0.4 is 15.5 Å². The largest absolute Gasteiger partial charge is 0.325 e. The van der Waals surface area contributed by atoms with Crippen molar-refractivity contribution in [1.82, 2.24) is 0 Å². The van der Waals surface area contributed by atoms with Gasteiger partial charge in [-0.1, -0.05) is 30.3 Å². The Balaban J connectivity index is 1.46. The molecule has 1 aliphatic rings. The van der Waals surface area contributed by atoms with E-state index >= 15 is 0 Å². The number of carbonyl (C=O) groups is 3. The molecule has 156 valence electrons. The molecule has 0 aliphatic carbocycles. The molecule has 7 heteroatoms. The second kappa shape index (κ2) is 8.79. The number of nitrogens with zero attached hydrogens (tertiary/aromatic N) is 1. The van der Waals surface area contributed by atoms with Crippen molar-refractivity contribution in [2.45, 2.75) is 6.42 Å². The van der Waals surface area contributed by atoms with Gasteiger partial charge in [-0.2, -0.15) is 0 Å². The second-order valence-corrected chi connectivity index (χ2v) is 7.24. The first-order valence-electron chi connectivity index (χ1n) is 9.83. The van der Waals surface area contributed by atoms with Gasteiger partial charge in [-0.25, -0.2) is 4.39 Å². The third kappa shape index (κ3) is 4.61. The van der Waals surface area contributed by atoms with E-state index in [1.807, 2.05) is 30.3 Å². The number of rotatable bonds is 5. The van der Waals surface area contributed by atoms with E-state index in [0.29, 0.717) is 11.4 Å². The molecule has 0 spiro atoms. The zero-order valence-corrected chi connectivity index (χ0v) is 16.5. The third-order valence-electron chi connectivity index (χ3n) is 5.10. The van der Waals surface area contributed by atoms with Crippen LogP contribution in [0.4, 0.5) is 21.5 Å². The first kappa shape index (κ1) is 20.3. The SMILES string of the molecule is O=C(Nc1ccc(F)cc1)c1ccccc1NC(=O)[C@H]1CC(=O)N(c2ccccc2)C1. The van der Waals surface area contributed by atoms with Crippen molar-refractivity contribution in [3.8, 4) is 0 Å². The van der Waals surface area contributed by atoms with Crippen molar-refractivity contribution in [2.75, 3.05) is 22.1 Å². The zero-order valence-electron chi connectivity index (χ0n) is 16.5. The maximum atomic E-state index is 13.1. The number of hydrogen-bond acceptors (Lipinski definition) is 3. The zero-order chi connectivity index (χ0) is 21.8. The van der Waals surface area contributed by atoms with Crippen molar-refractivity contribution < 1.29 is 18.8 Å². The van der Waals surface area contributed by atoms with Crippen LogP contribution >= 0.6 is 0 Å². The van der Waals surface area contributed by atoms with Gasteiger partial charge in [0.1, 0.15) is 5.82 Å². The number of benzene rings is 3. The Hall–Kier alpha value is -4.00. The van der Waals surface area contributed by atoms with Gasteiger partial charge in [0.2, 0.25) is 11.8 Å². The van der Waals surface area contributed by atoms with E-state index in [4.69, 9.17) is 0 Å². The van der Waals surface area contributed by atoms with Crippen LogP contribution in [-0.2, 0) is 9.59 Å². The molecule has 0 aromatic heterocycles. The van der Waals surface area contributed by atoms with E-state index in [1.165, 1.54) is 24.3 Å².